The molecule has 102 valence electrons. The molecule has 1 fully saturated rings. The Kier molecular flexibility index (Phi) is 4.84. The first-order valence-corrected chi connectivity index (χ1v) is 6.25. The molecule has 3 unspecified atom stereocenters. The summed E-state index contributed by atoms with van der Waals surface area (Å²) in [6.07, 6.45) is 1.01. The summed E-state index contributed by atoms with van der Waals surface area (Å²) in [4.78, 5) is 36.8. The quantitative estimate of drug-likeness (QED) is 0.647. The first kappa shape index (κ1) is 14.6. The summed E-state index contributed by atoms with van der Waals surface area (Å²) in [5.41, 5.74) is 5.50. The molecular formula is C12H21N3O3. The summed E-state index contributed by atoms with van der Waals surface area (Å²) in [6.45, 7) is 3.87. The average molecular weight is 255 g/mol. The Bertz CT molecular complexity index is 356. The predicted molar refractivity (Wildman–Crippen MR) is 66.3 cm³/mol. The average Bonchev–Trinajstić information content (AvgIpc) is 2.66. The van der Waals surface area contributed by atoms with Crippen molar-refractivity contribution in [3.8, 4) is 0 Å². The first-order valence-electron chi connectivity index (χ1n) is 6.25. The fourth-order valence-corrected chi connectivity index (χ4v) is 2.23. The fraction of sp³-hybridized carbons (Fsp3) is 0.750. The van der Waals surface area contributed by atoms with E-state index in [1.54, 1.807) is 0 Å². The van der Waals surface area contributed by atoms with Gasteiger partial charge in [-0.25, -0.2) is 0 Å². The van der Waals surface area contributed by atoms with Gasteiger partial charge in [0.2, 0.25) is 17.7 Å². The number of carbonyl (C=O) groups is 3. The molecule has 3 amide bonds. The van der Waals surface area contributed by atoms with Crippen LogP contribution in [0.1, 0.15) is 26.7 Å². The van der Waals surface area contributed by atoms with Crippen molar-refractivity contribution in [1.29, 1.82) is 0 Å². The lowest BCUT2D eigenvalue weighted by molar-refractivity contribution is -0.147. The molecule has 1 aliphatic heterocycles. The van der Waals surface area contributed by atoms with Crippen molar-refractivity contribution in [3.05, 3.63) is 0 Å². The maximum absolute atomic E-state index is 12.2. The molecule has 0 bridgehead atoms. The van der Waals surface area contributed by atoms with Crippen molar-refractivity contribution in [2.24, 2.45) is 17.6 Å². The number of likely N-dealkylation sites (N-methyl/N-ethyl adjacent to an activating group) is 1. The maximum Gasteiger partial charge on any atom is 0.244 e. The van der Waals surface area contributed by atoms with Gasteiger partial charge in [0.05, 0.1) is 0 Å². The summed E-state index contributed by atoms with van der Waals surface area (Å²) in [6, 6.07) is -0.885. The van der Waals surface area contributed by atoms with Gasteiger partial charge in [0.1, 0.15) is 6.04 Å². The van der Waals surface area contributed by atoms with Crippen LogP contribution in [0.25, 0.3) is 0 Å². The number of nitrogens with two attached hydrogens (primary N) is 1. The standard InChI is InChI=1S/C12H21N3O3/c1-4-7(2)8-5-10(16)15(12(8)18)9(6-13)11(17)14-3/h7-9H,4-6,13H2,1-3H3,(H,14,17). The molecule has 3 N–H and O–H groups in total. The Labute approximate surface area is 107 Å². The van der Waals surface area contributed by atoms with Crippen molar-refractivity contribution in [2.45, 2.75) is 32.7 Å². The Morgan fingerprint density at radius 3 is 2.61 bits per heavy atom. The Balaban J connectivity index is 2.93. The third-order valence-corrected chi connectivity index (χ3v) is 3.63. The third kappa shape index (κ3) is 2.53. The largest absolute Gasteiger partial charge is 0.357 e. The lowest BCUT2D eigenvalue weighted by atomic mass is 9.90. The summed E-state index contributed by atoms with van der Waals surface area (Å²) < 4.78 is 0. The zero-order valence-corrected chi connectivity index (χ0v) is 11.1. The van der Waals surface area contributed by atoms with Crippen LogP contribution in [0.4, 0.5) is 0 Å². The van der Waals surface area contributed by atoms with E-state index in [9.17, 15) is 14.4 Å². The van der Waals surface area contributed by atoms with E-state index in [0.717, 1.165) is 11.3 Å². The SMILES string of the molecule is CCC(C)C1CC(=O)N(C(CN)C(=O)NC)C1=O. The third-order valence-electron chi connectivity index (χ3n) is 3.63. The lowest BCUT2D eigenvalue weighted by Crippen LogP contribution is -2.52. The maximum atomic E-state index is 12.2. The van der Waals surface area contributed by atoms with Crippen LogP contribution in [-0.4, -0.2) is 42.3 Å². The van der Waals surface area contributed by atoms with E-state index in [1.165, 1.54) is 7.05 Å². The highest BCUT2D eigenvalue weighted by Crippen LogP contribution is 2.29. The smallest absolute Gasteiger partial charge is 0.244 e. The molecular weight excluding hydrogens is 234 g/mol. The summed E-state index contributed by atoms with van der Waals surface area (Å²) in [5, 5.41) is 2.43. The van der Waals surface area contributed by atoms with Gasteiger partial charge in [-0.2, -0.15) is 0 Å². The Hall–Kier alpha value is -1.43. The van der Waals surface area contributed by atoms with Crippen LogP contribution >= 0.6 is 0 Å². The van der Waals surface area contributed by atoms with Crippen molar-refractivity contribution in [3.63, 3.8) is 0 Å². The van der Waals surface area contributed by atoms with Gasteiger partial charge in [-0.1, -0.05) is 20.3 Å². The number of likely N-dealkylation sites (tertiary alicyclic amines) is 1. The van der Waals surface area contributed by atoms with E-state index < -0.39 is 11.9 Å². The van der Waals surface area contributed by atoms with Crippen molar-refractivity contribution >= 4 is 17.7 Å². The highest BCUT2D eigenvalue weighted by Gasteiger charge is 2.45. The number of hydrogen-bond donors (Lipinski definition) is 2. The molecule has 1 rings (SSSR count). The number of nitrogens with zero attached hydrogens (tertiary/aromatic N) is 1. The van der Waals surface area contributed by atoms with Crippen LogP contribution in [0.2, 0.25) is 0 Å². The predicted octanol–water partition coefficient (Wildman–Crippen LogP) is -0.519. The molecule has 0 aromatic heterocycles. The van der Waals surface area contributed by atoms with Gasteiger partial charge in [0, 0.05) is 25.9 Å². The van der Waals surface area contributed by atoms with Gasteiger partial charge >= 0.3 is 0 Å². The molecule has 3 atom stereocenters. The minimum atomic E-state index is -0.885. The van der Waals surface area contributed by atoms with E-state index >= 15 is 0 Å². The van der Waals surface area contributed by atoms with Crippen LogP contribution in [0.15, 0.2) is 0 Å². The number of carbonyl (C=O) groups excluding carboxylic acids is 3. The normalized spacial score (nSPS) is 23.1. The first-order chi connectivity index (χ1) is 8.47. The topological polar surface area (TPSA) is 92.5 Å². The van der Waals surface area contributed by atoms with Crippen LogP contribution in [0.5, 0.6) is 0 Å². The molecule has 18 heavy (non-hydrogen) atoms. The van der Waals surface area contributed by atoms with E-state index in [4.69, 9.17) is 5.73 Å². The minimum Gasteiger partial charge on any atom is -0.357 e. The molecule has 1 aliphatic rings. The fourth-order valence-electron chi connectivity index (χ4n) is 2.23. The second-order valence-electron chi connectivity index (χ2n) is 4.66. The summed E-state index contributed by atoms with van der Waals surface area (Å²) >= 11 is 0. The van der Waals surface area contributed by atoms with Gasteiger partial charge in [0.25, 0.3) is 0 Å². The van der Waals surface area contributed by atoms with Gasteiger partial charge in [0.15, 0.2) is 0 Å². The highest BCUT2D eigenvalue weighted by molar-refractivity contribution is 6.07. The summed E-state index contributed by atoms with van der Waals surface area (Å²) in [5.74, 6) is -1.16. The van der Waals surface area contributed by atoms with E-state index in [2.05, 4.69) is 5.32 Å². The molecule has 1 saturated heterocycles. The molecule has 6 nitrogen and oxygen atoms in total. The molecule has 0 aliphatic carbocycles. The lowest BCUT2D eigenvalue weighted by Gasteiger charge is -2.24. The second kappa shape index (κ2) is 5.95. The molecule has 0 aromatic rings. The molecule has 1 heterocycles. The number of nitrogens with one attached hydrogen (secondary N) is 1. The Morgan fingerprint density at radius 1 is 1.56 bits per heavy atom. The number of imide groups is 1. The Morgan fingerprint density at radius 2 is 2.17 bits per heavy atom. The highest BCUT2D eigenvalue weighted by atomic mass is 16.2. The number of hydrogen-bond acceptors (Lipinski definition) is 4. The van der Waals surface area contributed by atoms with Crippen molar-refractivity contribution in [1.82, 2.24) is 10.2 Å². The molecule has 0 spiro atoms. The van der Waals surface area contributed by atoms with E-state index in [1.807, 2.05) is 13.8 Å². The van der Waals surface area contributed by atoms with Crippen LogP contribution in [0, 0.1) is 11.8 Å². The molecule has 0 saturated carbocycles. The monoisotopic (exact) mass is 255 g/mol. The van der Waals surface area contributed by atoms with Gasteiger partial charge in [-0.15, -0.1) is 0 Å². The second-order valence-corrected chi connectivity index (χ2v) is 4.66. The van der Waals surface area contributed by atoms with Gasteiger partial charge in [-0.3, -0.25) is 19.3 Å². The molecule has 6 heteroatoms. The minimum absolute atomic E-state index is 0.0512. The van der Waals surface area contributed by atoms with Crippen LogP contribution in [0.3, 0.4) is 0 Å². The van der Waals surface area contributed by atoms with Crippen LogP contribution in [-0.2, 0) is 14.4 Å². The number of amides is 3. The van der Waals surface area contributed by atoms with Crippen molar-refractivity contribution < 1.29 is 14.4 Å². The van der Waals surface area contributed by atoms with E-state index in [0.29, 0.717) is 0 Å². The van der Waals surface area contributed by atoms with Crippen molar-refractivity contribution in [2.75, 3.05) is 13.6 Å². The van der Waals surface area contributed by atoms with Gasteiger partial charge in [-0.05, 0) is 5.92 Å². The zero-order chi connectivity index (χ0) is 13.9. The summed E-state index contributed by atoms with van der Waals surface area (Å²) in [7, 11) is 1.46. The van der Waals surface area contributed by atoms with Crippen LogP contribution < -0.4 is 11.1 Å². The molecule has 0 aromatic carbocycles. The van der Waals surface area contributed by atoms with Gasteiger partial charge < -0.3 is 11.1 Å². The number of rotatable bonds is 5. The molecule has 0 radical (unpaired) electrons. The van der Waals surface area contributed by atoms with E-state index in [-0.39, 0.29) is 36.6 Å². The zero-order valence-electron chi connectivity index (χ0n) is 11.1.